The predicted molar refractivity (Wildman–Crippen MR) is 118 cm³/mol. The van der Waals surface area contributed by atoms with E-state index < -0.39 is 23.4 Å². The van der Waals surface area contributed by atoms with Crippen LogP contribution in [0.5, 0.6) is 0 Å². The summed E-state index contributed by atoms with van der Waals surface area (Å²) in [6.45, 7) is 3.66. The first-order valence-corrected chi connectivity index (χ1v) is 9.90. The first kappa shape index (κ1) is 21.3. The molecule has 3 rings (SSSR count). The maximum absolute atomic E-state index is 11.7. The van der Waals surface area contributed by atoms with Crippen LogP contribution in [0.2, 0.25) is 0 Å². The van der Waals surface area contributed by atoms with Gasteiger partial charge in [-0.2, -0.15) is 0 Å². The van der Waals surface area contributed by atoms with Crippen LogP contribution in [0.4, 0.5) is 9.80 Å². The molecule has 156 valence electrons. The Bertz CT molecular complexity index is 1150. The number of anilines is 1. The van der Waals surface area contributed by atoms with Gasteiger partial charge in [-0.05, 0) is 53.9 Å². The molecule has 0 saturated heterocycles. The lowest BCUT2D eigenvalue weighted by atomic mass is 10.0. The number of aliphatic carboxylic acids is 1. The van der Waals surface area contributed by atoms with Crippen molar-refractivity contribution in [3.63, 3.8) is 0 Å². The van der Waals surface area contributed by atoms with Crippen LogP contribution in [0, 0.1) is 0 Å². The molecule has 0 aliphatic carbocycles. The van der Waals surface area contributed by atoms with Gasteiger partial charge < -0.3 is 16.6 Å². The summed E-state index contributed by atoms with van der Waals surface area (Å²) in [5.74, 6) is -1.56. The lowest BCUT2D eigenvalue weighted by Gasteiger charge is -2.21. The second kappa shape index (κ2) is 8.13. The van der Waals surface area contributed by atoms with E-state index in [9.17, 15) is 19.5 Å². The first-order chi connectivity index (χ1) is 14.1. The molecule has 0 saturated carbocycles. The molecule has 9 heteroatoms. The molecule has 0 aliphatic rings. The average molecular weight is 426 g/mol. The van der Waals surface area contributed by atoms with Crippen LogP contribution in [-0.4, -0.2) is 28.6 Å². The third-order valence-corrected chi connectivity index (χ3v) is 5.79. The van der Waals surface area contributed by atoms with Gasteiger partial charge >= 0.3 is 12.0 Å². The fourth-order valence-corrected chi connectivity index (χ4v) is 3.94. The average Bonchev–Trinajstić information content (AvgIpc) is 3.09. The van der Waals surface area contributed by atoms with E-state index in [-0.39, 0.29) is 5.56 Å². The van der Waals surface area contributed by atoms with E-state index in [1.807, 2.05) is 36.4 Å². The molecule has 7 N–H and O–H groups in total. The molecule has 2 aromatic carbocycles. The Morgan fingerprint density at radius 1 is 1.03 bits per heavy atom. The normalized spacial score (nSPS) is 11.4. The van der Waals surface area contributed by atoms with Crippen molar-refractivity contribution in [2.75, 3.05) is 5.32 Å². The molecule has 3 amide bonds. The molecule has 30 heavy (non-hydrogen) atoms. The lowest BCUT2D eigenvalue weighted by molar-refractivity contribution is -0.143. The van der Waals surface area contributed by atoms with Gasteiger partial charge in [0.05, 0.1) is 5.56 Å². The minimum Gasteiger partial charge on any atom is -0.480 e. The summed E-state index contributed by atoms with van der Waals surface area (Å²) in [6.07, 6.45) is 0. The zero-order valence-electron chi connectivity index (χ0n) is 16.5. The smallest absolute Gasteiger partial charge is 0.323 e. The maximum atomic E-state index is 11.7. The van der Waals surface area contributed by atoms with E-state index in [2.05, 4.69) is 10.6 Å². The second-order valence-electron chi connectivity index (χ2n) is 7.39. The summed E-state index contributed by atoms with van der Waals surface area (Å²) in [4.78, 5) is 34.8. The number of amides is 3. The largest absolute Gasteiger partial charge is 0.480 e. The van der Waals surface area contributed by atoms with Gasteiger partial charge in [0.2, 0.25) is 0 Å². The van der Waals surface area contributed by atoms with Crippen molar-refractivity contribution in [3.8, 4) is 10.4 Å². The zero-order chi connectivity index (χ0) is 22.1. The Balaban J connectivity index is 1.88. The van der Waals surface area contributed by atoms with Crippen molar-refractivity contribution in [1.82, 2.24) is 5.32 Å². The third-order valence-electron chi connectivity index (χ3n) is 4.69. The molecule has 3 aromatic rings. The number of primary amides is 2. The van der Waals surface area contributed by atoms with Crippen molar-refractivity contribution in [1.29, 1.82) is 0 Å². The Morgan fingerprint density at radius 2 is 1.70 bits per heavy atom. The van der Waals surface area contributed by atoms with Crippen LogP contribution in [0.3, 0.4) is 0 Å². The molecule has 1 aromatic heterocycles. The van der Waals surface area contributed by atoms with Crippen LogP contribution in [0.1, 0.15) is 29.8 Å². The molecule has 0 aliphatic heterocycles. The highest BCUT2D eigenvalue weighted by atomic mass is 32.1. The summed E-state index contributed by atoms with van der Waals surface area (Å²) in [5.41, 5.74) is 11.6. The number of carbonyl (C=O) groups is 3. The SMILES string of the molecule is CC(C)(NCc1ccc2cc(-c3cc(C(N)=O)c(NC(N)=O)s3)ccc2c1)C(=O)O. The summed E-state index contributed by atoms with van der Waals surface area (Å²) in [5, 5.41) is 17.0. The third kappa shape index (κ3) is 4.58. The second-order valence-corrected chi connectivity index (χ2v) is 8.44. The van der Waals surface area contributed by atoms with Crippen molar-refractivity contribution < 1.29 is 19.5 Å². The molecule has 0 unspecified atom stereocenters. The van der Waals surface area contributed by atoms with Gasteiger partial charge in [0, 0.05) is 11.4 Å². The van der Waals surface area contributed by atoms with Gasteiger partial charge in [-0.1, -0.05) is 24.3 Å². The van der Waals surface area contributed by atoms with E-state index in [0.717, 1.165) is 26.8 Å². The predicted octanol–water partition coefficient (Wildman–Crippen LogP) is 3.11. The number of nitrogens with one attached hydrogen (secondary N) is 2. The van der Waals surface area contributed by atoms with Crippen molar-refractivity contribution >= 4 is 45.0 Å². The van der Waals surface area contributed by atoms with E-state index >= 15 is 0 Å². The van der Waals surface area contributed by atoms with Gasteiger partial charge in [-0.15, -0.1) is 11.3 Å². The van der Waals surface area contributed by atoms with Gasteiger partial charge in [-0.3, -0.25) is 20.2 Å². The molecular formula is C21H22N4O4S. The fourth-order valence-electron chi connectivity index (χ4n) is 2.88. The number of rotatable bonds is 7. The fraction of sp³-hybridized carbons (Fsp3) is 0.190. The highest BCUT2D eigenvalue weighted by molar-refractivity contribution is 7.20. The Labute approximate surface area is 176 Å². The maximum Gasteiger partial charge on any atom is 0.323 e. The van der Waals surface area contributed by atoms with E-state index in [1.165, 1.54) is 11.3 Å². The summed E-state index contributed by atoms with van der Waals surface area (Å²) < 4.78 is 0. The van der Waals surface area contributed by atoms with Crippen LogP contribution in [-0.2, 0) is 11.3 Å². The number of carboxylic acids is 1. The van der Waals surface area contributed by atoms with E-state index in [0.29, 0.717) is 11.5 Å². The molecule has 0 radical (unpaired) electrons. The first-order valence-electron chi connectivity index (χ1n) is 9.08. The summed E-state index contributed by atoms with van der Waals surface area (Å²) in [7, 11) is 0. The number of carboxylic acid groups (broad SMARTS) is 1. The lowest BCUT2D eigenvalue weighted by Crippen LogP contribution is -2.46. The van der Waals surface area contributed by atoms with Crippen molar-refractivity contribution in [3.05, 3.63) is 53.6 Å². The van der Waals surface area contributed by atoms with E-state index in [4.69, 9.17) is 11.5 Å². The molecular weight excluding hydrogens is 404 g/mol. The standard InChI is InChI=1S/C21H22N4O4S/c1-21(2,19(27)28)24-10-11-3-4-13-8-14(6-5-12(13)7-11)16-9-15(17(22)26)18(30-16)25-20(23)29/h3-9,24H,10H2,1-2H3,(H2,22,26)(H,27,28)(H3,23,25,29). The highest BCUT2D eigenvalue weighted by Gasteiger charge is 2.25. The minimum absolute atomic E-state index is 0.205. The van der Waals surface area contributed by atoms with Gasteiger partial charge in [0.15, 0.2) is 0 Å². The van der Waals surface area contributed by atoms with Crippen LogP contribution >= 0.6 is 11.3 Å². The molecule has 8 nitrogen and oxygen atoms in total. The van der Waals surface area contributed by atoms with E-state index in [1.54, 1.807) is 19.9 Å². The summed E-state index contributed by atoms with van der Waals surface area (Å²) in [6, 6.07) is 12.6. The molecule has 0 fully saturated rings. The van der Waals surface area contributed by atoms with Crippen LogP contribution in [0.15, 0.2) is 42.5 Å². The number of benzene rings is 2. The Kier molecular flexibility index (Phi) is 5.77. The van der Waals surface area contributed by atoms with Crippen LogP contribution < -0.4 is 22.1 Å². The summed E-state index contributed by atoms with van der Waals surface area (Å²) >= 11 is 1.22. The monoisotopic (exact) mass is 426 g/mol. The zero-order valence-corrected chi connectivity index (χ0v) is 17.3. The van der Waals surface area contributed by atoms with Gasteiger partial charge in [-0.25, -0.2) is 4.79 Å². The number of urea groups is 1. The topological polar surface area (TPSA) is 148 Å². The quantitative estimate of drug-likeness (QED) is 0.394. The molecule has 0 spiro atoms. The van der Waals surface area contributed by atoms with Crippen molar-refractivity contribution in [2.45, 2.75) is 25.9 Å². The van der Waals surface area contributed by atoms with Gasteiger partial charge in [0.1, 0.15) is 10.5 Å². The molecule has 1 heterocycles. The van der Waals surface area contributed by atoms with Gasteiger partial charge in [0.25, 0.3) is 5.91 Å². The Hall–Kier alpha value is -3.43. The number of fused-ring (bicyclic) bond motifs is 1. The number of carbonyl (C=O) groups excluding carboxylic acids is 2. The number of hydrogen-bond donors (Lipinski definition) is 5. The molecule has 0 atom stereocenters. The highest BCUT2D eigenvalue weighted by Crippen LogP contribution is 2.36. The number of thiophene rings is 1. The van der Waals surface area contributed by atoms with Crippen LogP contribution in [0.25, 0.3) is 21.2 Å². The molecule has 0 bridgehead atoms. The Morgan fingerprint density at radius 3 is 2.33 bits per heavy atom. The number of hydrogen-bond acceptors (Lipinski definition) is 5. The minimum atomic E-state index is -1.02. The van der Waals surface area contributed by atoms with Crippen molar-refractivity contribution in [2.24, 2.45) is 11.5 Å². The number of nitrogens with two attached hydrogens (primary N) is 2.